The Kier molecular flexibility index (Phi) is 4.61. The number of benzene rings is 1. The van der Waals surface area contributed by atoms with E-state index in [-0.39, 0.29) is 5.91 Å². The van der Waals surface area contributed by atoms with Crippen LogP contribution < -0.4 is 5.32 Å². The molecule has 0 saturated carbocycles. The van der Waals surface area contributed by atoms with Crippen LogP contribution in [0.4, 0.5) is 0 Å². The third-order valence-corrected chi connectivity index (χ3v) is 3.89. The molecule has 1 aliphatic rings. The number of amides is 3. The van der Waals surface area contributed by atoms with Crippen molar-refractivity contribution in [1.82, 2.24) is 15.1 Å². The second kappa shape index (κ2) is 6.27. The van der Waals surface area contributed by atoms with Gasteiger partial charge in [-0.05, 0) is 33.0 Å². The van der Waals surface area contributed by atoms with Gasteiger partial charge >= 0.3 is 0 Å². The van der Waals surface area contributed by atoms with Gasteiger partial charge in [0.25, 0.3) is 11.8 Å². The van der Waals surface area contributed by atoms with Crippen LogP contribution >= 0.6 is 0 Å². The van der Waals surface area contributed by atoms with Crippen LogP contribution in [0, 0.1) is 6.92 Å². The summed E-state index contributed by atoms with van der Waals surface area (Å²) in [6.07, 6.45) is 0. The van der Waals surface area contributed by atoms with Crippen LogP contribution in [-0.2, 0) is 4.79 Å². The van der Waals surface area contributed by atoms with E-state index in [0.717, 1.165) is 10.5 Å². The molecule has 0 aromatic heterocycles. The highest BCUT2D eigenvalue weighted by Crippen LogP contribution is 2.26. The Balaban J connectivity index is 2.22. The molecule has 0 aliphatic carbocycles. The molecular formula is C16H21N3O3. The number of nitrogens with one attached hydrogen (secondary N) is 1. The van der Waals surface area contributed by atoms with Crippen molar-refractivity contribution in [3.63, 3.8) is 0 Å². The first-order valence-electron chi connectivity index (χ1n) is 7.26. The number of nitrogens with zero attached hydrogens (tertiary/aromatic N) is 2. The molecule has 1 aliphatic heterocycles. The minimum atomic E-state index is -0.811. The van der Waals surface area contributed by atoms with Gasteiger partial charge in [-0.3, -0.25) is 19.3 Å². The van der Waals surface area contributed by atoms with Gasteiger partial charge in [0.2, 0.25) is 5.91 Å². The first-order chi connectivity index (χ1) is 10.4. The molecule has 0 spiro atoms. The van der Waals surface area contributed by atoms with Crippen LogP contribution in [0.2, 0.25) is 0 Å². The summed E-state index contributed by atoms with van der Waals surface area (Å²) in [7, 11) is 3.47. The van der Waals surface area contributed by atoms with Crippen molar-refractivity contribution in [2.24, 2.45) is 0 Å². The maximum Gasteiger partial charge on any atom is 0.262 e. The summed E-state index contributed by atoms with van der Waals surface area (Å²) < 4.78 is 0. The Morgan fingerprint density at radius 2 is 1.91 bits per heavy atom. The van der Waals surface area contributed by atoms with Gasteiger partial charge in [0.05, 0.1) is 11.1 Å². The molecule has 118 valence electrons. The van der Waals surface area contributed by atoms with Gasteiger partial charge in [0.1, 0.15) is 6.04 Å². The summed E-state index contributed by atoms with van der Waals surface area (Å²) in [5.74, 6) is -1.05. The first-order valence-corrected chi connectivity index (χ1v) is 7.26. The second-order valence-corrected chi connectivity index (χ2v) is 5.57. The lowest BCUT2D eigenvalue weighted by Gasteiger charge is -2.26. The van der Waals surface area contributed by atoms with Gasteiger partial charge < -0.3 is 10.2 Å². The second-order valence-electron chi connectivity index (χ2n) is 5.57. The fraction of sp³-hybridized carbons (Fsp3) is 0.438. The maximum atomic E-state index is 12.5. The van der Waals surface area contributed by atoms with Crippen LogP contribution in [0.3, 0.4) is 0 Å². The van der Waals surface area contributed by atoms with Gasteiger partial charge in [0, 0.05) is 20.1 Å². The molecule has 1 unspecified atom stereocenters. The molecule has 1 aromatic rings. The minimum Gasteiger partial charge on any atom is -0.343 e. The van der Waals surface area contributed by atoms with Gasteiger partial charge in [-0.15, -0.1) is 0 Å². The van der Waals surface area contributed by atoms with E-state index < -0.39 is 17.9 Å². The minimum absolute atomic E-state index is 0.249. The van der Waals surface area contributed by atoms with Crippen LogP contribution in [-0.4, -0.2) is 60.7 Å². The monoisotopic (exact) mass is 303 g/mol. The standard InChI is InChI=1S/C16H21N3O3/c1-10-5-6-12-13(9-10)16(22)19(15(12)21)11(2)14(20)18(4)8-7-17-3/h5-6,9,11,17H,7-8H2,1-4H3. The third-order valence-electron chi connectivity index (χ3n) is 3.89. The van der Waals surface area contributed by atoms with Crippen molar-refractivity contribution in [3.8, 4) is 0 Å². The van der Waals surface area contributed by atoms with E-state index in [9.17, 15) is 14.4 Å². The number of hydrogen-bond acceptors (Lipinski definition) is 4. The van der Waals surface area contributed by atoms with Gasteiger partial charge in [-0.2, -0.15) is 0 Å². The highest BCUT2D eigenvalue weighted by atomic mass is 16.2. The number of hydrogen-bond donors (Lipinski definition) is 1. The number of fused-ring (bicyclic) bond motifs is 1. The molecular weight excluding hydrogens is 282 g/mol. The lowest BCUT2D eigenvalue weighted by atomic mass is 10.1. The first kappa shape index (κ1) is 16.2. The third kappa shape index (κ3) is 2.74. The molecule has 0 bridgehead atoms. The zero-order valence-electron chi connectivity index (χ0n) is 13.3. The van der Waals surface area contributed by atoms with Gasteiger partial charge in [0.15, 0.2) is 0 Å². The predicted molar refractivity (Wildman–Crippen MR) is 82.7 cm³/mol. The zero-order valence-corrected chi connectivity index (χ0v) is 13.3. The number of rotatable bonds is 5. The molecule has 0 fully saturated rings. The molecule has 6 nitrogen and oxygen atoms in total. The van der Waals surface area contributed by atoms with Crippen molar-refractivity contribution < 1.29 is 14.4 Å². The van der Waals surface area contributed by atoms with Crippen LogP contribution in [0.25, 0.3) is 0 Å². The Hall–Kier alpha value is -2.21. The van der Waals surface area contributed by atoms with Crippen LogP contribution in [0.15, 0.2) is 18.2 Å². The summed E-state index contributed by atoms with van der Waals surface area (Å²) in [4.78, 5) is 39.9. The molecule has 1 atom stereocenters. The Labute approximate surface area is 130 Å². The molecule has 1 heterocycles. The summed E-state index contributed by atoms with van der Waals surface area (Å²) in [5, 5.41) is 2.96. The molecule has 2 rings (SSSR count). The summed E-state index contributed by atoms with van der Waals surface area (Å²) in [6.45, 7) is 4.62. The largest absolute Gasteiger partial charge is 0.343 e. The Morgan fingerprint density at radius 3 is 2.55 bits per heavy atom. The summed E-state index contributed by atoms with van der Waals surface area (Å²) in [5.41, 5.74) is 1.66. The molecule has 3 amide bonds. The topological polar surface area (TPSA) is 69.7 Å². The molecule has 22 heavy (non-hydrogen) atoms. The maximum absolute atomic E-state index is 12.5. The van der Waals surface area contributed by atoms with Crippen molar-refractivity contribution in [3.05, 3.63) is 34.9 Å². The fourth-order valence-electron chi connectivity index (χ4n) is 2.54. The van der Waals surface area contributed by atoms with Gasteiger partial charge in [-0.25, -0.2) is 0 Å². The van der Waals surface area contributed by atoms with E-state index in [1.165, 1.54) is 4.90 Å². The van der Waals surface area contributed by atoms with Crippen molar-refractivity contribution in [2.75, 3.05) is 27.2 Å². The smallest absolute Gasteiger partial charge is 0.262 e. The fourth-order valence-corrected chi connectivity index (χ4v) is 2.54. The number of likely N-dealkylation sites (N-methyl/N-ethyl adjacent to an activating group) is 2. The number of aryl methyl sites for hydroxylation is 1. The van der Waals surface area contributed by atoms with E-state index in [0.29, 0.717) is 24.2 Å². The average Bonchev–Trinajstić information content (AvgIpc) is 2.74. The van der Waals surface area contributed by atoms with Crippen molar-refractivity contribution in [2.45, 2.75) is 19.9 Å². The van der Waals surface area contributed by atoms with E-state index in [1.807, 2.05) is 6.92 Å². The molecule has 6 heteroatoms. The quantitative estimate of drug-likeness (QED) is 0.811. The predicted octanol–water partition coefficient (Wildman–Crippen LogP) is 0.657. The normalized spacial score (nSPS) is 15.0. The summed E-state index contributed by atoms with van der Waals surface area (Å²) in [6, 6.07) is 4.32. The molecule has 1 aromatic carbocycles. The van der Waals surface area contributed by atoms with Crippen LogP contribution in [0.5, 0.6) is 0 Å². The van der Waals surface area contributed by atoms with Crippen molar-refractivity contribution in [1.29, 1.82) is 0 Å². The van der Waals surface area contributed by atoms with Crippen molar-refractivity contribution >= 4 is 17.7 Å². The SMILES string of the molecule is CNCCN(C)C(=O)C(C)N1C(=O)c2ccc(C)cc2C1=O. The number of carbonyl (C=O) groups is 3. The van der Waals surface area contributed by atoms with Gasteiger partial charge in [-0.1, -0.05) is 11.6 Å². The highest BCUT2D eigenvalue weighted by Gasteiger charge is 2.41. The number of carbonyl (C=O) groups excluding carboxylic acids is 3. The van der Waals surface area contributed by atoms with E-state index >= 15 is 0 Å². The Morgan fingerprint density at radius 1 is 1.27 bits per heavy atom. The lowest BCUT2D eigenvalue weighted by Crippen LogP contribution is -2.49. The van der Waals surface area contributed by atoms with E-state index in [1.54, 1.807) is 39.2 Å². The molecule has 0 radical (unpaired) electrons. The average molecular weight is 303 g/mol. The Bertz CT molecular complexity index is 627. The number of imide groups is 1. The zero-order chi connectivity index (χ0) is 16.4. The highest BCUT2D eigenvalue weighted by molar-refractivity contribution is 6.22. The molecule has 1 N–H and O–H groups in total. The lowest BCUT2D eigenvalue weighted by molar-refractivity contribution is -0.133. The van der Waals surface area contributed by atoms with Crippen LogP contribution in [0.1, 0.15) is 33.2 Å². The summed E-state index contributed by atoms with van der Waals surface area (Å²) >= 11 is 0. The van der Waals surface area contributed by atoms with E-state index in [4.69, 9.17) is 0 Å². The van der Waals surface area contributed by atoms with E-state index in [2.05, 4.69) is 5.32 Å². The molecule has 0 saturated heterocycles.